The zero-order chi connectivity index (χ0) is 15.4. The highest BCUT2D eigenvalue weighted by Gasteiger charge is 2.13. The number of rotatable bonds is 3. The van der Waals surface area contributed by atoms with E-state index in [0.29, 0.717) is 5.56 Å². The minimum absolute atomic E-state index is 0.178. The summed E-state index contributed by atoms with van der Waals surface area (Å²) in [6.45, 7) is 1.83. The first-order chi connectivity index (χ1) is 10.0. The second kappa shape index (κ2) is 6.01. The van der Waals surface area contributed by atoms with Gasteiger partial charge in [0, 0.05) is 13.1 Å². The molecule has 0 spiro atoms. The van der Waals surface area contributed by atoms with Crippen LogP contribution < -0.4 is 10.9 Å². The van der Waals surface area contributed by atoms with Crippen molar-refractivity contribution in [3.05, 3.63) is 63.6 Å². The quantitative estimate of drug-likeness (QED) is 0.914. The van der Waals surface area contributed by atoms with E-state index in [1.165, 1.54) is 19.2 Å². The zero-order valence-corrected chi connectivity index (χ0v) is 11.7. The van der Waals surface area contributed by atoms with Crippen LogP contribution in [0.1, 0.15) is 34.6 Å². The maximum atomic E-state index is 12.1. The molecule has 1 amide bonds. The summed E-state index contributed by atoms with van der Waals surface area (Å²) in [6.07, 6.45) is 0. The average Bonchev–Trinajstić information content (AvgIpc) is 2.50. The largest absolute Gasteiger partial charge is 0.344 e. The Morgan fingerprint density at radius 3 is 2.52 bits per heavy atom. The van der Waals surface area contributed by atoms with Crippen LogP contribution in [-0.2, 0) is 7.05 Å². The summed E-state index contributed by atoms with van der Waals surface area (Å²) in [5.41, 5.74) is 1.36. The highest BCUT2D eigenvalue weighted by Crippen LogP contribution is 2.13. The number of hydrogen-bond acceptors (Lipinski definition) is 4. The molecule has 1 heterocycles. The maximum absolute atomic E-state index is 12.1. The van der Waals surface area contributed by atoms with E-state index in [9.17, 15) is 9.59 Å². The Labute approximate surface area is 121 Å². The first-order valence-electron chi connectivity index (χ1n) is 6.36. The lowest BCUT2D eigenvalue weighted by Crippen LogP contribution is -2.30. The lowest BCUT2D eigenvalue weighted by molar-refractivity contribution is 0.0932. The van der Waals surface area contributed by atoms with Crippen LogP contribution in [0.2, 0.25) is 0 Å². The Bertz CT molecular complexity index is 756. The minimum atomic E-state index is -0.359. The molecule has 0 saturated carbocycles. The van der Waals surface area contributed by atoms with Gasteiger partial charge in [-0.1, -0.05) is 12.1 Å². The van der Waals surface area contributed by atoms with Gasteiger partial charge in [0.2, 0.25) is 0 Å². The van der Waals surface area contributed by atoms with Gasteiger partial charge in [0.25, 0.3) is 11.5 Å². The summed E-state index contributed by atoms with van der Waals surface area (Å²) in [5, 5.41) is 15.4. The summed E-state index contributed by atoms with van der Waals surface area (Å²) in [4.78, 5) is 23.3. The molecule has 0 aliphatic heterocycles. The number of aryl methyl sites for hydroxylation is 1. The fraction of sp³-hybridized carbons (Fsp3) is 0.200. The van der Waals surface area contributed by atoms with Crippen LogP contribution in [0.5, 0.6) is 0 Å². The summed E-state index contributed by atoms with van der Waals surface area (Å²) in [6, 6.07) is 11.5. The van der Waals surface area contributed by atoms with Gasteiger partial charge < -0.3 is 5.32 Å². The Kier molecular flexibility index (Phi) is 4.14. The van der Waals surface area contributed by atoms with E-state index in [0.717, 1.165) is 10.2 Å². The van der Waals surface area contributed by atoms with E-state index in [2.05, 4.69) is 10.4 Å². The molecule has 2 rings (SSSR count). The fourth-order valence-corrected chi connectivity index (χ4v) is 1.82. The molecule has 0 fully saturated rings. The van der Waals surface area contributed by atoms with Gasteiger partial charge in [-0.15, -0.1) is 0 Å². The second-order valence-electron chi connectivity index (χ2n) is 4.61. The number of amides is 1. The van der Waals surface area contributed by atoms with Gasteiger partial charge in [0.15, 0.2) is 0 Å². The monoisotopic (exact) mass is 282 g/mol. The number of nitrogens with zero attached hydrogens (tertiary/aromatic N) is 3. The number of carbonyl (C=O) groups excluding carboxylic acids is 1. The Balaban J connectivity index is 2.12. The Hall–Kier alpha value is -2.94. The van der Waals surface area contributed by atoms with Crippen LogP contribution in [0, 0.1) is 11.3 Å². The number of carbonyl (C=O) groups is 1. The Morgan fingerprint density at radius 2 is 1.95 bits per heavy atom. The van der Waals surface area contributed by atoms with Gasteiger partial charge in [-0.3, -0.25) is 9.59 Å². The summed E-state index contributed by atoms with van der Waals surface area (Å²) < 4.78 is 1.11. The van der Waals surface area contributed by atoms with E-state index in [-0.39, 0.29) is 23.2 Å². The van der Waals surface area contributed by atoms with E-state index < -0.39 is 0 Å². The minimum Gasteiger partial charge on any atom is -0.344 e. The molecule has 0 aliphatic carbocycles. The van der Waals surface area contributed by atoms with Crippen molar-refractivity contribution in [2.24, 2.45) is 7.05 Å². The van der Waals surface area contributed by atoms with Crippen LogP contribution in [0.4, 0.5) is 0 Å². The second-order valence-corrected chi connectivity index (χ2v) is 4.61. The van der Waals surface area contributed by atoms with Crippen molar-refractivity contribution in [1.82, 2.24) is 15.1 Å². The predicted molar refractivity (Wildman–Crippen MR) is 76.5 cm³/mol. The number of nitrogens with one attached hydrogen (secondary N) is 1. The van der Waals surface area contributed by atoms with Crippen molar-refractivity contribution in [3.63, 3.8) is 0 Å². The molecule has 0 bridgehead atoms. The van der Waals surface area contributed by atoms with Gasteiger partial charge in [0.05, 0.1) is 17.7 Å². The topological polar surface area (TPSA) is 87.8 Å². The summed E-state index contributed by atoms with van der Waals surface area (Å²) >= 11 is 0. The number of hydrogen-bond donors (Lipinski definition) is 1. The fourth-order valence-electron chi connectivity index (χ4n) is 1.82. The third-order valence-electron chi connectivity index (χ3n) is 3.08. The van der Waals surface area contributed by atoms with Crippen molar-refractivity contribution < 1.29 is 4.79 Å². The molecule has 1 atom stereocenters. The van der Waals surface area contributed by atoms with Gasteiger partial charge in [-0.25, -0.2) is 4.68 Å². The van der Waals surface area contributed by atoms with Crippen LogP contribution in [-0.4, -0.2) is 15.7 Å². The number of aromatic nitrogens is 2. The van der Waals surface area contributed by atoms with Crippen molar-refractivity contribution in [2.45, 2.75) is 13.0 Å². The summed E-state index contributed by atoms with van der Waals surface area (Å²) in [5.74, 6) is -0.359. The number of benzene rings is 1. The molecule has 1 unspecified atom stereocenters. The standard InChI is InChI=1S/C15H14N4O2/c1-10(12-5-3-11(9-16)4-6-12)17-15(21)13-7-8-14(20)19(2)18-13/h3-8,10H,1-2H3,(H,17,21). The van der Waals surface area contributed by atoms with E-state index >= 15 is 0 Å². The molecule has 2 aromatic rings. The highest BCUT2D eigenvalue weighted by molar-refractivity contribution is 5.92. The predicted octanol–water partition coefficient (Wildman–Crippen LogP) is 1.14. The first-order valence-corrected chi connectivity index (χ1v) is 6.36. The average molecular weight is 282 g/mol. The SMILES string of the molecule is CC(NC(=O)c1ccc(=O)n(C)n1)c1ccc(C#N)cc1. The van der Waals surface area contributed by atoms with Gasteiger partial charge >= 0.3 is 0 Å². The molecule has 1 N–H and O–H groups in total. The first kappa shape index (κ1) is 14.5. The van der Waals surface area contributed by atoms with Crippen LogP contribution in [0.25, 0.3) is 0 Å². The van der Waals surface area contributed by atoms with Crippen LogP contribution in [0.3, 0.4) is 0 Å². The number of nitriles is 1. The molecule has 1 aromatic heterocycles. The Morgan fingerprint density at radius 1 is 1.29 bits per heavy atom. The highest BCUT2D eigenvalue weighted by atomic mass is 16.2. The lowest BCUT2D eigenvalue weighted by Gasteiger charge is -2.14. The van der Waals surface area contributed by atoms with Crippen molar-refractivity contribution >= 4 is 5.91 Å². The smallest absolute Gasteiger partial charge is 0.272 e. The maximum Gasteiger partial charge on any atom is 0.272 e. The molecule has 6 nitrogen and oxygen atoms in total. The molecule has 1 aromatic carbocycles. The van der Waals surface area contributed by atoms with Crippen molar-refractivity contribution in [3.8, 4) is 6.07 Å². The normalized spacial score (nSPS) is 11.5. The van der Waals surface area contributed by atoms with E-state index in [1.54, 1.807) is 24.3 Å². The van der Waals surface area contributed by atoms with Gasteiger partial charge in [-0.05, 0) is 30.7 Å². The zero-order valence-electron chi connectivity index (χ0n) is 11.7. The van der Waals surface area contributed by atoms with Crippen LogP contribution in [0.15, 0.2) is 41.2 Å². The summed E-state index contributed by atoms with van der Waals surface area (Å²) in [7, 11) is 1.49. The van der Waals surface area contributed by atoms with Crippen molar-refractivity contribution in [2.75, 3.05) is 0 Å². The molecule has 0 aliphatic rings. The molecular formula is C15H14N4O2. The van der Waals surface area contributed by atoms with Crippen molar-refractivity contribution in [1.29, 1.82) is 5.26 Å². The van der Waals surface area contributed by atoms with E-state index in [4.69, 9.17) is 5.26 Å². The molecule has 21 heavy (non-hydrogen) atoms. The third kappa shape index (κ3) is 3.34. The molecular weight excluding hydrogens is 268 g/mol. The molecule has 0 radical (unpaired) electrons. The molecule has 0 saturated heterocycles. The molecule has 106 valence electrons. The van der Waals surface area contributed by atoms with Crippen LogP contribution >= 0.6 is 0 Å². The van der Waals surface area contributed by atoms with Gasteiger partial charge in [0.1, 0.15) is 5.69 Å². The van der Waals surface area contributed by atoms with E-state index in [1.807, 2.05) is 13.0 Å². The van der Waals surface area contributed by atoms with Gasteiger partial charge in [-0.2, -0.15) is 10.4 Å². The lowest BCUT2D eigenvalue weighted by atomic mass is 10.1. The third-order valence-corrected chi connectivity index (χ3v) is 3.08. The molecule has 6 heteroatoms.